The lowest BCUT2D eigenvalue weighted by Crippen LogP contribution is -2.31. The fourth-order valence-corrected chi connectivity index (χ4v) is 4.67. The van der Waals surface area contributed by atoms with Crippen molar-refractivity contribution in [3.8, 4) is 0 Å². The molecule has 0 atom stereocenters. The highest BCUT2D eigenvalue weighted by molar-refractivity contribution is 5.89. The van der Waals surface area contributed by atoms with Crippen LogP contribution in [0.1, 0.15) is 36.5 Å². The van der Waals surface area contributed by atoms with Crippen LogP contribution < -0.4 is 10.5 Å². The lowest BCUT2D eigenvalue weighted by atomic mass is 10.2. The van der Waals surface area contributed by atoms with E-state index < -0.39 is 0 Å². The number of aryl methyl sites for hydroxylation is 1. The van der Waals surface area contributed by atoms with Crippen LogP contribution in [-0.2, 0) is 17.8 Å². The molecule has 0 unspecified atom stereocenters. The maximum absolute atomic E-state index is 12.9. The summed E-state index contributed by atoms with van der Waals surface area (Å²) >= 11 is 0. The number of ether oxygens (including phenoxy) is 1. The number of rotatable bonds is 6. The zero-order chi connectivity index (χ0) is 24.4. The molecule has 0 bridgehead atoms. The third kappa shape index (κ3) is 4.37. The van der Waals surface area contributed by atoms with Gasteiger partial charge in [0.25, 0.3) is 5.56 Å². The molecule has 35 heavy (non-hydrogen) atoms. The SMILES string of the molecule is CCOC(=O)c1ccc(N2CCCN(Cc3nnc4n(CC)c(=O)c5ccccc5n34)CC2)nc1. The lowest BCUT2D eigenvalue weighted by molar-refractivity contribution is 0.0526. The second kappa shape index (κ2) is 9.83. The molecule has 0 N–H and O–H groups in total. The summed E-state index contributed by atoms with van der Waals surface area (Å²) in [6.45, 7) is 8.68. The summed E-state index contributed by atoms with van der Waals surface area (Å²) in [5.41, 5.74) is 1.25. The van der Waals surface area contributed by atoms with Crippen molar-refractivity contribution in [3.63, 3.8) is 0 Å². The van der Waals surface area contributed by atoms with E-state index in [-0.39, 0.29) is 11.5 Å². The molecular weight excluding hydrogens is 446 g/mol. The van der Waals surface area contributed by atoms with Gasteiger partial charge in [-0.25, -0.2) is 9.78 Å². The average molecular weight is 476 g/mol. The Balaban J connectivity index is 1.35. The number of pyridine rings is 1. The Morgan fingerprint density at radius 2 is 1.89 bits per heavy atom. The van der Waals surface area contributed by atoms with Gasteiger partial charge in [-0.3, -0.25) is 18.7 Å². The number of carbonyl (C=O) groups is 1. The van der Waals surface area contributed by atoms with Crippen LogP contribution in [0.4, 0.5) is 5.82 Å². The fourth-order valence-electron chi connectivity index (χ4n) is 4.67. The molecule has 3 aromatic heterocycles. The quantitative estimate of drug-likeness (QED) is 0.392. The summed E-state index contributed by atoms with van der Waals surface area (Å²) in [6, 6.07) is 11.3. The van der Waals surface area contributed by atoms with Crippen molar-refractivity contribution in [2.45, 2.75) is 33.4 Å². The molecule has 0 amide bonds. The van der Waals surface area contributed by atoms with E-state index in [1.165, 1.54) is 0 Å². The first-order chi connectivity index (χ1) is 17.1. The van der Waals surface area contributed by atoms with Gasteiger partial charge in [-0.05, 0) is 44.5 Å². The van der Waals surface area contributed by atoms with Gasteiger partial charge < -0.3 is 9.64 Å². The van der Waals surface area contributed by atoms with E-state index in [1.54, 1.807) is 23.8 Å². The van der Waals surface area contributed by atoms with Gasteiger partial charge in [0.2, 0.25) is 5.78 Å². The number of benzene rings is 1. The summed E-state index contributed by atoms with van der Waals surface area (Å²) in [4.78, 5) is 33.9. The Hall–Kier alpha value is -3.79. The molecule has 5 rings (SSSR count). The van der Waals surface area contributed by atoms with Gasteiger partial charge in [-0.2, -0.15) is 0 Å². The van der Waals surface area contributed by atoms with Gasteiger partial charge in [-0.1, -0.05) is 12.1 Å². The average Bonchev–Trinajstić information content (AvgIpc) is 3.14. The van der Waals surface area contributed by atoms with Crippen LogP contribution in [0.3, 0.4) is 0 Å². The third-order valence-electron chi connectivity index (χ3n) is 6.43. The lowest BCUT2D eigenvalue weighted by Gasteiger charge is -2.22. The monoisotopic (exact) mass is 475 g/mol. The van der Waals surface area contributed by atoms with Crippen LogP contribution >= 0.6 is 0 Å². The van der Waals surface area contributed by atoms with Crippen LogP contribution in [0.25, 0.3) is 16.7 Å². The van der Waals surface area contributed by atoms with Crippen molar-refractivity contribution < 1.29 is 9.53 Å². The van der Waals surface area contributed by atoms with E-state index in [0.717, 1.165) is 49.8 Å². The second-order valence-electron chi connectivity index (χ2n) is 8.56. The van der Waals surface area contributed by atoms with Crippen LogP contribution in [0.15, 0.2) is 47.4 Å². The Kier molecular flexibility index (Phi) is 6.45. The van der Waals surface area contributed by atoms with Crippen molar-refractivity contribution in [2.24, 2.45) is 0 Å². The number of fused-ring (bicyclic) bond motifs is 3. The zero-order valence-corrected chi connectivity index (χ0v) is 20.1. The number of anilines is 1. The highest BCUT2D eigenvalue weighted by Gasteiger charge is 2.21. The largest absolute Gasteiger partial charge is 0.462 e. The number of nitrogens with zero attached hydrogens (tertiary/aromatic N) is 7. The van der Waals surface area contributed by atoms with Crippen LogP contribution in [0.2, 0.25) is 0 Å². The summed E-state index contributed by atoms with van der Waals surface area (Å²) < 4.78 is 8.73. The predicted octanol–water partition coefficient (Wildman–Crippen LogP) is 2.35. The van der Waals surface area contributed by atoms with E-state index in [2.05, 4.69) is 25.0 Å². The van der Waals surface area contributed by atoms with Crippen molar-refractivity contribution >= 4 is 28.5 Å². The van der Waals surface area contributed by atoms with Crippen LogP contribution in [0, 0.1) is 0 Å². The summed E-state index contributed by atoms with van der Waals surface area (Å²) in [7, 11) is 0. The normalized spacial score (nSPS) is 15.0. The summed E-state index contributed by atoms with van der Waals surface area (Å²) in [5, 5.41) is 9.53. The van der Waals surface area contributed by atoms with E-state index in [1.807, 2.05) is 41.7 Å². The number of esters is 1. The number of carbonyl (C=O) groups excluding carboxylic acids is 1. The molecule has 0 radical (unpaired) electrons. The number of hydrogen-bond acceptors (Lipinski definition) is 8. The van der Waals surface area contributed by atoms with Gasteiger partial charge in [0.1, 0.15) is 5.82 Å². The molecule has 1 aliphatic heterocycles. The highest BCUT2D eigenvalue weighted by atomic mass is 16.5. The van der Waals surface area contributed by atoms with Gasteiger partial charge in [0, 0.05) is 38.9 Å². The molecule has 1 fully saturated rings. The number of aromatic nitrogens is 5. The first-order valence-electron chi connectivity index (χ1n) is 12.1. The molecule has 0 aliphatic carbocycles. The minimum Gasteiger partial charge on any atom is -0.462 e. The molecule has 4 aromatic rings. The Labute approximate surface area is 202 Å². The van der Waals surface area contributed by atoms with E-state index in [0.29, 0.717) is 36.4 Å². The van der Waals surface area contributed by atoms with Crippen LogP contribution in [0.5, 0.6) is 0 Å². The van der Waals surface area contributed by atoms with Crippen molar-refractivity contribution in [1.82, 2.24) is 29.0 Å². The van der Waals surface area contributed by atoms with Crippen molar-refractivity contribution in [3.05, 3.63) is 64.3 Å². The molecule has 10 nitrogen and oxygen atoms in total. The maximum atomic E-state index is 12.9. The number of para-hydroxylation sites is 1. The van der Waals surface area contributed by atoms with E-state index in [4.69, 9.17) is 4.74 Å². The Morgan fingerprint density at radius 1 is 1.03 bits per heavy atom. The predicted molar refractivity (Wildman–Crippen MR) is 133 cm³/mol. The molecule has 182 valence electrons. The molecule has 1 saturated heterocycles. The smallest absolute Gasteiger partial charge is 0.339 e. The molecule has 10 heteroatoms. The van der Waals surface area contributed by atoms with E-state index in [9.17, 15) is 9.59 Å². The molecule has 1 aliphatic rings. The zero-order valence-electron chi connectivity index (χ0n) is 20.1. The minimum absolute atomic E-state index is 0.0403. The fraction of sp³-hybridized carbons (Fsp3) is 0.400. The Morgan fingerprint density at radius 3 is 2.66 bits per heavy atom. The van der Waals surface area contributed by atoms with Crippen molar-refractivity contribution in [2.75, 3.05) is 37.7 Å². The van der Waals surface area contributed by atoms with Gasteiger partial charge >= 0.3 is 5.97 Å². The summed E-state index contributed by atoms with van der Waals surface area (Å²) in [6.07, 6.45) is 2.55. The molecule has 0 spiro atoms. The van der Waals surface area contributed by atoms with Crippen molar-refractivity contribution in [1.29, 1.82) is 0 Å². The summed E-state index contributed by atoms with van der Waals surface area (Å²) in [5.74, 6) is 1.90. The van der Waals surface area contributed by atoms with Gasteiger partial charge in [-0.15, -0.1) is 10.2 Å². The van der Waals surface area contributed by atoms with Gasteiger partial charge in [0.05, 0.1) is 29.6 Å². The molecular formula is C25H29N7O3. The van der Waals surface area contributed by atoms with Crippen LogP contribution in [-0.4, -0.2) is 67.8 Å². The highest BCUT2D eigenvalue weighted by Crippen LogP contribution is 2.18. The minimum atomic E-state index is -0.352. The van der Waals surface area contributed by atoms with E-state index >= 15 is 0 Å². The maximum Gasteiger partial charge on any atom is 0.339 e. The third-order valence-corrected chi connectivity index (χ3v) is 6.43. The standard InChI is InChI=1S/C25H29N7O3/c1-3-31-23(33)19-8-5-6-9-20(19)32-22(27-28-25(31)32)17-29-12-7-13-30(15-14-29)21-11-10-18(16-26-21)24(34)35-4-2/h5-6,8-11,16H,3-4,7,12-15,17H2,1-2H3. The first kappa shape index (κ1) is 23.0. The molecule has 1 aromatic carbocycles. The first-order valence-corrected chi connectivity index (χ1v) is 12.1. The second-order valence-corrected chi connectivity index (χ2v) is 8.56. The van der Waals surface area contributed by atoms with Gasteiger partial charge in [0.15, 0.2) is 5.82 Å². The topological polar surface area (TPSA) is 97.9 Å². The number of hydrogen-bond donors (Lipinski definition) is 0. The Bertz CT molecular complexity index is 1410. The molecule has 4 heterocycles. The molecule has 0 saturated carbocycles.